The van der Waals surface area contributed by atoms with E-state index < -0.39 is 0 Å². The van der Waals surface area contributed by atoms with Crippen molar-refractivity contribution in [1.82, 2.24) is 5.32 Å². The number of amides is 1. The van der Waals surface area contributed by atoms with Crippen molar-refractivity contribution >= 4 is 5.91 Å². The van der Waals surface area contributed by atoms with Crippen molar-refractivity contribution in [3.05, 3.63) is 29.3 Å². The van der Waals surface area contributed by atoms with Crippen LogP contribution in [0.1, 0.15) is 28.8 Å². The SMILES string of the molecule is Cc1cc(C(=O)NC2CC(N)C2)ccc1O. The van der Waals surface area contributed by atoms with E-state index in [4.69, 9.17) is 5.73 Å². The van der Waals surface area contributed by atoms with Gasteiger partial charge in [0.15, 0.2) is 0 Å². The van der Waals surface area contributed by atoms with Crippen LogP contribution >= 0.6 is 0 Å². The van der Waals surface area contributed by atoms with Crippen LogP contribution in [0.15, 0.2) is 18.2 Å². The molecule has 4 nitrogen and oxygen atoms in total. The standard InChI is InChI=1S/C12H16N2O2/c1-7-4-8(2-3-11(7)15)12(16)14-10-5-9(13)6-10/h2-4,9-10,15H,5-6,13H2,1H3,(H,14,16). The zero-order valence-corrected chi connectivity index (χ0v) is 9.23. The molecule has 86 valence electrons. The number of hydrogen-bond donors (Lipinski definition) is 3. The molecule has 1 amide bonds. The second-order valence-electron chi connectivity index (χ2n) is 4.40. The third-order valence-electron chi connectivity index (χ3n) is 2.97. The van der Waals surface area contributed by atoms with Gasteiger partial charge in [-0.2, -0.15) is 0 Å². The van der Waals surface area contributed by atoms with Gasteiger partial charge >= 0.3 is 0 Å². The van der Waals surface area contributed by atoms with Gasteiger partial charge in [-0.1, -0.05) is 0 Å². The highest BCUT2D eigenvalue weighted by molar-refractivity contribution is 5.94. The first-order valence-electron chi connectivity index (χ1n) is 5.42. The van der Waals surface area contributed by atoms with E-state index in [0.29, 0.717) is 11.1 Å². The largest absolute Gasteiger partial charge is 0.508 e. The van der Waals surface area contributed by atoms with Gasteiger partial charge in [-0.25, -0.2) is 0 Å². The average Bonchev–Trinajstić information content (AvgIpc) is 2.19. The lowest BCUT2D eigenvalue weighted by Gasteiger charge is -2.32. The van der Waals surface area contributed by atoms with Crippen molar-refractivity contribution in [2.45, 2.75) is 31.8 Å². The first-order valence-corrected chi connectivity index (χ1v) is 5.42. The van der Waals surface area contributed by atoms with Gasteiger partial charge in [0.25, 0.3) is 5.91 Å². The van der Waals surface area contributed by atoms with Crippen molar-refractivity contribution in [2.24, 2.45) is 5.73 Å². The molecule has 4 N–H and O–H groups in total. The molecule has 0 radical (unpaired) electrons. The summed E-state index contributed by atoms with van der Waals surface area (Å²) in [6, 6.07) is 5.28. The summed E-state index contributed by atoms with van der Waals surface area (Å²) < 4.78 is 0. The van der Waals surface area contributed by atoms with Crippen LogP contribution in [0.5, 0.6) is 5.75 Å². The summed E-state index contributed by atoms with van der Waals surface area (Å²) in [4.78, 5) is 11.8. The number of hydrogen-bond acceptors (Lipinski definition) is 3. The van der Waals surface area contributed by atoms with Crippen LogP contribution in [0.2, 0.25) is 0 Å². The number of carbonyl (C=O) groups is 1. The number of aryl methyl sites for hydroxylation is 1. The van der Waals surface area contributed by atoms with Crippen LogP contribution in [-0.2, 0) is 0 Å². The number of aromatic hydroxyl groups is 1. The quantitative estimate of drug-likeness (QED) is 0.693. The Hall–Kier alpha value is -1.55. The van der Waals surface area contributed by atoms with Gasteiger partial charge in [0.1, 0.15) is 5.75 Å². The van der Waals surface area contributed by atoms with E-state index in [9.17, 15) is 9.90 Å². The predicted molar refractivity (Wildman–Crippen MR) is 61.3 cm³/mol. The fourth-order valence-electron chi connectivity index (χ4n) is 1.85. The zero-order chi connectivity index (χ0) is 11.7. The van der Waals surface area contributed by atoms with Crippen LogP contribution in [0.4, 0.5) is 0 Å². The van der Waals surface area contributed by atoms with Gasteiger partial charge in [-0.15, -0.1) is 0 Å². The molecule has 0 bridgehead atoms. The van der Waals surface area contributed by atoms with E-state index in [1.165, 1.54) is 6.07 Å². The number of phenols is 1. The van der Waals surface area contributed by atoms with Crippen molar-refractivity contribution in [2.75, 3.05) is 0 Å². The molecule has 1 aromatic carbocycles. The lowest BCUT2D eigenvalue weighted by molar-refractivity contribution is 0.0910. The third kappa shape index (κ3) is 2.17. The van der Waals surface area contributed by atoms with Crippen molar-refractivity contribution in [1.29, 1.82) is 0 Å². The smallest absolute Gasteiger partial charge is 0.251 e. The van der Waals surface area contributed by atoms with Crippen LogP contribution < -0.4 is 11.1 Å². The summed E-state index contributed by atoms with van der Waals surface area (Å²) in [7, 11) is 0. The minimum atomic E-state index is -0.0972. The van der Waals surface area contributed by atoms with Gasteiger partial charge in [-0.3, -0.25) is 4.79 Å². The molecule has 0 saturated heterocycles. The minimum absolute atomic E-state index is 0.0972. The number of carbonyl (C=O) groups excluding carboxylic acids is 1. The second kappa shape index (κ2) is 4.14. The highest BCUT2D eigenvalue weighted by atomic mass is 16.3. The number of benzene rings is 1. The monoisotopic (exact) mass is 220 g/mol. The lowest BCUT2D eigenvalue weighted by atomic mass is 9.87. The normalized spacial score (nSPS) is 23.6. The molecule has 1 fully saturated rings. The van der Waals surface area contributed by atoms with Crippen LogP contribution in [0, 0.1) is 6.92 Å². The highest BCUT2D eigenvalue weighted by Gasteiger charge is 2.27. The minimum Gasteiger partial charge on any atom is -0.508 e. The van der Waals surface area contributed by atoms with E-state index in [-0.39, 0.29) is 23.7 Å². The fraction of sp³-hybridized carbons (Fsp3) is 0.417. The van der Waals surface area contributed by atoms with Crippen molar-refractivity contribution in [3.8, 4) is 5.75 Å². The average molecular weight is 220 g/mol. The van der Waals surface area contributed by atoms with Gasteiger partial charge in [-0.05, 0) is 43.5 Å². The Morgan fingerprint density at radius 2 is 2.19 bits per heavy atom. The van der Waals surface area contributed by atoms with E-state index >= 15 is 0 Å². The Kier molecular flexibility index (Phi) is 2.83. The Morgan fingerprint density at radius 1 is 1.50 bits per heavy atom. The number of nitrogens with one attached hydrogen (secondary N) is 1. The van der Waals surface area contributed by atoms with Gasteiger partial charge in [0.05, 0.1) is 0 Å². The molecular formula is C12H16N2O2. The maximum absolute atomic E-state index is 11.8. The molecule has 2 rings (SSSR count). The summed E-state index contributed by atoms with van der Waals surface area (Å²) in [5.41, 5.74) is 6.93. The Morgan fingerprint density at radius 3 is 2.75 bits per heavy atom. The molecule has 1 aromatic rings. The van der Waals surface area contributed by atoms with E-state index in [1.54, 1.807) is 19.1 Å². The number of rotatable bonds is 2. The summed E-state index contributed by atoms with van der Waals surface area (Å²) in [5.74, 6) is 0.113. The summed E-state index contributed by atoms with van der Waals surface area (Å²) in [6.45, 7) is 1.77. The van der Waals surface area contributed by atoms with Crippen LogP contribution in [-0.4, -0.2) is 23.1 Å². The first kappa shape index (κ1) is 11.0. The van der Waals surface area contributed by atoms with E-state index in [1.807, 2.05) is 0 Å². The number of nitrogens with two attached hydrogens (primary N) is 1. The van der Waals surface area contributed by atoms with E-state index in [0.717, 1.165) is 12.8 Å². The molecule has 1 aliphatic carbocycles. The molecule has 0 atom stereocenters. The first-order chi connectivity index (χ1) is 7.56. The Labute approximate surface area is 94.5 Å². The third-order valence-corrected chi connectivity index (χ3v) is 2.97. The van der Waals surface area contributed by atoms with Crippen molar-refractivity contribution in [3.63, 3.8) is 0 Å². The maximum Gasteiger partial charge on any atom is 0.251 e. The summed E-state index contributed by atoms with van der Waals surface area (Å²) in [5, 5.41) is 12.3. The van der Waals surface area contributed by atoms with Crippen molar-refractivity contribution < 1.29 is 9.90 Å². The van der Waals surface area contributed by atoms with Gasteiger partial charge < -0.3 is 16.2 Å². The molecule has 0 unspecified atom stereocenters. The summed E-state index contributed by atoms with van der Waals surface area (Å²) in [6.07, 6.45) is 1.70. The fourth-order valence-corrected chi connectivity index (χ4v) is 1.85. The predicted octanol–water partition coefficient (Wildman–Crippen LogP) is 0.920. The molecule has 0 aromatic heterocycles. The molecule has 1 saturated carbocycles. The maximum atomic E-state index is 11.8. The molecule has 16 heavy (non-hydrogen) atoms. The molecule has 0 aliphatic heterocycles. The van der Waals surface area contributed by atoms with Gasteiger partial charge in [0.2, 0.25) is 0 Å². The highest BCUT2D eigenvalue weighted by Crippen LogP contribution is 2.20. The van der Waals surface area contributed by atoms with E-state index in [2.05, 4.69) is 5.32 Å². The molecule has 0 heterocycles. The lowest BCUT2D eigenvalue weighted by Crippen LogP contribution is -2.50. The van der Waals surface area contributed by atoms with Gasteiger partial charge in [0, 0.05) is 17.6 Å². The Balaban J connectivity index is 2.01. The van der Waals surface area contributed by atoms with Crippen LogP contribution in [0.3, 0.4) is 0 Å². The molecule has 4 heteroatoms. The summed E-state index contributed by atoms with van der Waals surface area (Å²) >= 11 is 0. The zero-order valence-electron chi connectivity index (χ0n) is 9.23. The molecule has 1 aliphatic rings. The second-order valence-corrected chi connectivity index (χ2v) is 4.40. The molecule has 0 spiro atoms. The van der Waals surface area contributed by atoms with Crippen LogP contribution in [0.25, 0.3) is 0 Å². The topological polar surface area (TPSA) is 75.4 Å². The Bertz CT molecular complexity index is 411. The molecular weight excluding hydrogens is 204 g/mol. The number of phenolic OH excluding ortho intramolecular Hbond substituents is 1.